The summed E-state index contributed by atoms with van der Waals surface area (Å²) in [6, 6.07) is 13.5. The van der Waals surface area contributed by atoms with E-state index >= 15 is 0 Å². The van der Waals surface area contributed by atoms with Crippen LogP contribution in [0.25, 0.3) is 11.5 Å². The van der Waals surface area contributed by atoms with Gasteiger partial charge in [-0.15, -0.1) is 5.10 Å². The van der Waals surface area contributed by atoms with E-state index in [2.05, 4.69) is 20.2 Å². The minimum Gasteiger partial charge on any atom is -0.257 e. The van der Waals surface area contributed by atoms with E-state index in [1.165, 1.54) is 0 Å². The lowest BCUT2D eigenvalue weighted by Gasteiger charge is -1.98. The van der Waals surface area contributed by atoms with Crippen LogP contribution in [0.4, 0.5) is 0 Å². The molecule has 100 valence electrons. The van der Waals surface area contributed by atoms with Gasteiger partial charge in [0.05, 0.1) is 0 Å². The van der Waals surface area contributed by atoms with Crippen molar-refractivity contribution in [3.8, 4) is 11.5 Å². The molecule has 0 fully saturated rings. The quantitative estimate of drug-likeness (QED) is 0.745. The maximum atomic E-state index is 5.96. The third kappa shape index (κ3) is 3.18. The van der Waals surface area contributed by atoms with Crippen molar-refractivity contribution in [2.75, 3.05) is 0 Å². The van der Waals surface area contributed by atoms with Gasteiger partial charge in [0, 0.05) is 17.0 Å². The highest BCUT2D eigenvalue weighted by Crippen LogP contribution is 2.22. The van der Waals surface area contributed by atoms with Crippen LogP contribution in [-0.2, 0) is 5.75 Å². The van der Waals surface area contributed by atoms with Gasteiger partial charge in [0.25, 0.3) is 0 Å². The first-order valence-corrected chi connectivity index (χ1v) is 7.39. The predicted molar refractivity (Wildman–Crippen MR) is 80.6 cm³/mol. The van der Waals surface area contributed by atoms with Gasteiger partial charge in [0.15, 0.2) is 5.82 Å². The van der Waals surface area contributed by atoms with Crippen molar-refractivity contribution in [3.05, 3.63) is 59.2 Å². The van der Waals surface area contributed by atoms with Gasteiger partial charge in [-0.05, 0) is 29.8 Å². The molecule has 0 aliphatic heterocycles. The van der Waals surface area contributed by atoms with E-state index in [1.807, 2.05) is 42.5 Å². The standard InChI is InChI=1S/C14H11ClN4S/c15-11-5-3-4-10(8-11)9-20-14-17-13(18-19-14)12-6-1-2-7-16-12/h1-8H,9H2,(H,17,18,19). The van der Waals surface area contributed by atoms with Crippen molar-refractivity contribution in [2.24, 2.45) is 0 Å². The Hall–Kier alpha value is -1.85. The second-order valence-corrected chi connectivity index (χ2v) is 5.48. The van der Waals surface area contributed by atoms with Gasteiger partial charge in [-0.1, -0.05) is 41.6 Å². The summed E-state index contributed by atoms with van der Waals surface area (Å²) in [6.45, 7) is 0. The summed E-state index contributed by atoms with van der Waals surface area (Å²) < 4.78 is 0. The van der Waals surface area contributed by atoms with Crippen LogP contribution in [0.1, 0.15) is 5.56 Å². The normalized spacial score (nSPS) is 10.7. The molecular formula is C14H11ClN4S. The fraction of sp³-hybridized carbons (Fsp3) is 0.0714. The smallest absolute Gasteiger partial charge is 0.209 e. The molecule has 3 rings (SSSR count). The SMILES string of the molecule is Clc1cccc(CSc2n[nH]c(-c3ccccn3)n2)c1. The monoisotopic (exact) mass is 302 g/mol. The van der Waals surface area contributed by atoms with E-state index in [4.69, 9.17) is 11.6 Å². The van der Waals surface area contributed by atoms with Gasteiger partial charge in [0.2, 0.25) is 5.16 Å². The van der Waals surface area contributed by atoms with Crippen LogP contribution in [-0.4, -0.2) is 20.2 Å². The first kappa shape index (κ1) is 13.1. The average molecular weight is 303 g/mol. The largest absolute Gasteiger partial charge is 0.257 e. The predicted octanol–water partition coefficient (Wildman–Crippen LogP) is 3.81. The maximum Gasteiger partial charge on any atom is 0.209 e. The van der Waals surface area contributed by atoms with Gasteiger partial charge in [-0.25, -0.2) is 0 Å². The second kappa shape index (κ2) is 6.07. The van der Waals surface area contributed by atoms with E-state index in [9.17, 15) is 0 Å². The molecule has 20 heavy (non-hydrogen) atoms. The molecule has 6 heteroatoms. The van der Waals surface area contributed by atoms with E-state index < -0.39 is 0 Å². The summed E-state index contributed by atoms with van der Waals surface area (Å²) in [5.41, 5.74) is 1.93. The molecule has 2 heterocycles. The van der Waals surface area contributed by atoms with Gasteiger partial charge in [-0.2, -0.15) is 4.98 Å². The van der Waals surface area contributed by atoms with Crippen LogP contribution in [0, 0.1) is 0 Å². The van der Waals surface area contributed by atoms with Gasteiger partial charge in [0.1, 0.15) is 5.69 Å². The summed E-state index contributed by atoms with van der Waals surface area (Å²) >= 11 is 7.51. The number of nitrogens with zero attached hydrogens (tertiary/aromatic N) is 3. The van der Waals surface area contributed by atoms with E-state index in [0.29, 0.717) is 11.0 Å². The van der Waals surface area contributed by atoms with Crippen molar-refractivity contribution in [1.29, 1.82) is 0 Å². The Balaban J connectivity index is 1.69. The summed E-state index contributed by atoms with van der Waals surface area (Å²) in [7, 11) is 0. The Labute approximate surface area is 125 Å². The minimum absolute atomic E-state index is 0.680. The van der Waals surface area contributed by atoms with Crippen molar-refractivity contribution in [2.45, 2.75) is 10.9 Å². The third-order valence-corrected chi connectivity index (χ3v) is 3.78. The zero-order chi connectivity index (χ0) is 13.8. The van der Waals surface area contributed by atoms with Crippen molar-refractivity contribution >= 4 is 23.4 Å². The molecule has 2 aromatic heterocycles. The van der Waals surface area contributed by atoms with Crippen molar-refractivity contribution in [3.63, 3.8) is 0 Å². The lowest BCUT2D eigenvalue weighted by molar-refractivity contribution is 0.973. The minimum atomic E-state index is 0.680. The molecule has 4 nitrogen and oxygen atoms in total. The average Bonchev–Trinajstić information content (AvgIpc) is 2.95. The Morgan fingerprint density at radius 2 is 2.10 bits per heavy atom. The van der Waals surface area contributed by atoms with Crippen LogP contribution in [0.15, 0.2) is 53.8 Å². The number of H-pyrrole nitrogens is 1. The molecule has 0 spiro atoms. The highest BCUT2D eigenvalue weighted by Gasteiger charge is 2.07. The fourth-order valence-corrected chi connectivity index (χ4v) is 2.66. The Morgan fingerprint density at radius 3 is 2.90 bits per heavy atom. The zero-order valence-electron chi connectivity index (χ0n) is 10.5. The molecule has 0 unspecified atom stereocenters. The third-order valence-electron chi connectivity index (χ3n) is 2.63. The number of nitrogens with one attached hydrogen (secondary N) is 1. The molecule has 3 aromatic rings. The highest BCUT2D eigenvalue weighted by molar-refractivity contribution is 7.98. The van der Waals surface area contributed by atoms with Gasteiger partial charge < -0.3 is 0 Å². The number of aromatic amines is 1. The number of pyridine rings is 1. The second-order valence-electron chi connectivity index (χ2n) is 4.10. The lowest BCUT2D eigenvalue weighted by Crippen LogP contribution is -1.84. The Kier molecular flexibility index (Phi) is 3.99. The van der Waals surface area contributed by atoms with E-state index in [-0.39, 0.29) is 0 Å². The molecule has 0 amide bonds. The van der Waals surface area contributed by atoms with Crippen LogP contribution in [0.5, 0.6) is 0 Å². The summed E-state index contributed by atoms with van der Waals surface area (Å²) in [4.78, 5) is 8.65. The van der Waals surface area contributed by atoms with Crippen molar-refractivity contribution < 1.29 is 0 Å². The molecule has 0 radical (unpaired) electrons. The molecule has 0 saturated heterocycles. The number of benzene rings is 1. The van der Waals surface area contributed by atoms with E-state index in [0.717, 1.165) is 22.0 Å². The summed E-state index contributed by atoms with van der Waals surface area (Å²) in [6.07, 6.45) is 1.73. The van der Waals surface area contributed by atoms with Gasteiger partial charge in [-0.3, -0.25) is 10.1 Å². The molecule has 0 bridgehead atoms. The summed E-state index contributed by atoms with van der Waals surface area (Å²) in [5.74, 6) is 1.46. The summed E-state index contributed by atoms with van der Waals surface area (Å²) in [5, 5.41) is 8.53. The number of hydrogen-bond acceptors (Lipinski definition) is 4. The topological polar surface area (TPSA) is 54.5 Å². The van der Waals surface area contributed by atoms with Gasteiger partial charge >= 0.3 is 0 Å². The molecule has 0 aliphatic carbocycles. The molecule has 0 aliphatic rings. The van der Waals surface area contributed by atoms with Crippen LogP contribution < -0.4 is 0 Å². The first-order chi connectivity index (χ1) is 9.81. The lowest BCUT2D eigenvalue weighted by atomic mass is 10.2. The molecule has 1 aromatic carbocycles. The maximum absolute atomic E-state index is 5.96. The van der Waals surface area contributed by atoms with E-state index in [1.54, 1.807) is 18.0 Å². The number of hydrogen-bond donors (Lipinski definition) is 1. The number of aromatic nitrogens is 4. The molecule has 1 N–H and O–H groups in total. The van der Waals surface area contributed by atoms with Crippen molar-refractivity contribution in [1.82, 2.24) is 20.2 Å². The Bertz CT molecular complexity index is 699. The molecule has 0 saturated carbocycles. The number of halogens is 1. The molecule has 0 atom stereocenters. The van der Waals surface area contributed by atoms with Crippen LogP contribution >= 0.6 is 23.4 Å². The molecular weight excluding hydrogens is 292 g/mol. The van der Waals surface area contributed by atoms with Crippen LogP contribution in [0.3, 0.4) is 0 Å². The highest BCUT2D eigenvalue weighted by atomic mass is 35.5. The van der Waals surface area contributed by atoms with Crippen LogP contribution in [0.2, 0.25) is 5.02 Å². The number of rotatable bonds is 4. The first-order valence-electron chi connectivity index (χ1n) is 6.02. The fourth-order valence-electron chi connectivity index (χ4n) is 1.70. The zero-order valence-corrected chi connectivity index (χ0v) is 12.0. The Morgan fingerprint density at radius 1 is 1.15 bits per heavy atom. The number of thioether (sulfide) groups is 1.